The Morgan fingerprint density at radius 3 is 0.696 bits per heavy atom. The average molecular weight is 447 g/mol. The maximum absolute atomic E-state index is 12.2. The van der Waals surface area contributed by atoms with Crippen LogP contribution in [0.15, 0.2) is 0 Å². The summed E-state index contributed by atoms with van der Waals surface area (Å²) in [6.45, 7) is 0. The fourth-order valence-electron chi connectivity index (χ4n) is 0.848. The minimum Gasteiger partial charge on any atom is -0.215 e. The quantitative estimate of drug-likeness (QED) is 0.482. The lowest BCUT2D eigenvalue weighted by Gasteiger charge is -2.28. The molecule has 0 atom stereocenters. The lowest BCUT2D eigenvalue weighted by Crippen LogP contribution is -2.60. The van der Waals surface area contributed by atoms with Crippen LogP contribution in [-0.2, 0) is 29.5 Å². The van der Waals surface area contributed by atoms with Crippen molar-refractivity contribution in [3.05, 3.63) is 0 Å². The molecule has 0 unspecified atom stereocenters. The van der Waals surface area contributed by atoms with Gasteiger partial charge in [-0.05, 0) is 0 Å². The van der Waals surface area contributed by atoms with Gasteiger partial charge >= 0.3 is 19.4 Å². The number of hydrogen-bond acceptors (Lipinski definition) is 6. The van der Waals surface area contributed by atoms with Crippen LogP contribution in [0.4, 0.5) is 39.5 Å². The zero-order valence-corrected chi connectivity index (χ0v) is 12.7. The highest BCUT2D eigenvalue weighted by Gasteiger charge is 2.83. The molecule has 0 heterocycles. The molecule has 0 aliphatic heterocycles. The number of sulfone groups is 3. The predicted molar refractivity (Wildman–Crippen MR) is 53.5 cm³/mol. The summed E-state index contributed by atoms with van der Waals surface area (Å²) in [4.78, 5) is 0. The molecule has 0 N–H and O–H groups in total. The summed E-state index contributed by atoms with van der Waals surface area (Å²) < 4.78 is 168. The van der Waals surface area contributed by atoms with Gasteiger partial charge in [-0.1, -0.05) is 11.6 Å². The number of halogens is 10. The third-order valence-corrected chi connectivity index (χ3v) is 11.4. The Kier molecular flexibility index (Phi) is 5.14. The zero-order chi connectivity index (χ0) is 19.5. The van der Waals surface area contributed by atoms with Crippen LogP contribution in [0.1, 0.15) is 0 Å². The van der Waals surface area contributed by atoms with Gasteiger partial charge in [0.05, 0.1) is 0 Å². The predicted octanol–water partition coefficient (Wildman–Crippen LogP) is 1.64. The molecule has 0 amide bonds. The molecule has 0 aromatic carbocycles. The average Bonchev–Trinajstić information content (AvgIpc) is 2.22. The van der Waals surface area contributed by atoms with Crippen molar-refractivity contribution >= 4 is 41.1 Å². The molecule has 6 nitrogen and oxygen atoms in total. The lowest BCUT2D eigenvalue weighted by molar-refractivity contribution is -0.0498. The van der Waals surface area contributed by atoms with Gasteiger partial charge in [-0.15, -0.1) is 0 Å². The van der Waals surface area contributed by atoms with Gasteiger partial charge in [0, 0.05) is 0 Å². The molecule has 0 aliphatic carbocycles. The van der Waals surface area contributed by atoms with E-state index in [9.17, 15) is 64.8 Å². The standard InChI is InChI=1S/C4ClF9O6S3/c5-1(21(15,16)2(6,7)8,22(17,18)3(9,10)11)23(19,20)4(12,13)14. The molecule has 0 fully saturated rings. The molecule has 0 saturated carbocycles. The summed E-state index contributed by atoms with van der Waals surface area (Å²) in [7, 11) is -24.8. The highest BCUT2D eigenvalue weighted by atomic mass is 35.5. The second-order valence-electron chi connectivity index (χ2n) is 3.33. The van der Waals surface area contributed by atoms with Crippen LogP contribution >= 0.6 is 11.6 Å². The van der Waals surface area contributed by atoms with Gasteiger partial charge in [-0.2, -0.15) is 39.5 Å². The largest absolute Gasteiger partial charge is 0.501 e. The van der Waals surface area contributed by atoms with E-state index in [0.29, 0.717) is 0 Å². The normalized spacial score (nSPS) is 16.4. The Hall–Kier alpha value is -0.490. The molecule has 0 aromatic heterocycles. The van der Waals surface area contributed by atoms with Crippen LogP contribution in [0.2, 0.25) is 0 Å². The molecule has 140 valence electrons. The Morgan fingerprint density at radius 2 is 0.609 bits per heavy atom. The molecule has 19 heteroatoms. The van der Waals surface area contributed by atoms with E-state index in [1.807, 2.05) is 0 Å². The number of alkyl halides is 10. The van der Waals surface area contributed by atoms with Gasteiger partial charge in [-0.3, -0.25) is 0 Å². The molecule has 0 bridgehead atoms. The van der Waals surface area contributed by atoms with E-state index in [0.717, 1.165) is 0 Å². The van der Waals surface area contributed by atoms with E-state index in [4.69, 9.17) is 0 Å². The first kappa shape index (κ1) is 22.5. The SMILES string of the molecule is O=S(=O)(C(F)(F)F)C(Cl)(S(=O)(=O)C(F)(F)F)S(=O)(=O)C(F)(F)F. The van der Waals surface area contributed by atoms with E-state index in [2.05, 4.69) is 11.6 Å². The zero-order valence-electron chi connectivity index (χ0n) is 9.45. The molecule has 0 radical (unpaired) electrons. The Bertz CT molecular complexity index is 674. The van der Waals surface area contributed by atoms with E-state index in [-0.39, 0.29) is 0 Å². The molecule has 0 rings (SSSR count). The lowest BCUT2D eigenvalue weighted by atomic mass is 11.5. The highest BCUT2D eigenvalue weighted by Crippen LogP contribution is 2.53. The van der Waals surface area contributed by atoms with Crippen LogP contribution in [-0.4, -0.2) is 44.6 Å². The van der Waals surface area contributed by atoms with Crippen LogP contribution < -0.4 is 0 Å². The van der Waals surface area contributed by atoms with Crippen LogP contribution in [0, 0.1) is 0 Å². The maximum atomic E-state index is 12.2. The monoisotopic (exact) mass is 446 g/mol. The van der Waals surface area contributed by atoms with Crippen molar-refractivity contribution in [2.45, 2.75) is 19.4 Å². The molecule has 0 aromatic rings. The van der Waals surface area contributed by atoms with Crippen molar-refractivity contribution in [1.82, 2.24) is 0 Å². The van der Waals surface area contributed by atoms with Crippen LogP contribution in [0.25, 0.3) is 0 Å². The fourth-order valence-corrected chi connectivity index (χ4v) is 7.63. The van der Waals surface area contributed by atoms with Crippen molar-refractivity contribution < 1.29 is 64.8 Å². The summed E-state index contributed by atoms with van der Waals surface area (Å²) in [5.74, 6) is 0. The first-order valence-corrected chi connectivity index (χ1v) is 8.94. The van der Waals surface area contributed by atoms with Gasteiger partial charge in [0.2, 0.25) is 0 Å². The molecule has 0 saturated heterocycles. The van der Waals surface area contributed by atoms with Crippen molar-refractivity contribution in [2.75, 3.05) is 0 Å². The van der Waals surface area contributed by atoms with Crippen molar-refractivity contribution in [1.29, 1.82) is 0 Å². The third kappa shape index (κ3) is 2.86. The van der Waals surface area contributed by atoms with Gasteiger partial charge in [0.25, 0.3) is 29.5 Å². The first-order chi connectivity index (χ1) is 9.50. The van der Waals surface area contributed by atoms with Crippen molar-refractivity contribution in [3.8, 4) is 0 Å². The maximum Gasteiger partial charge on any atom is 0.501 e. The first-order valence-electron chi connectivity index (χ1n) is 4.11. The van der Waals surface area contributed by atoms with Gasteiger partial charge in [0.1, 0.15) is 0 Å². The Morgan fingerprint density at radius 1 is 0.478 bits per heavy atom. The summed E-state index contributed by atoms with van der Waals surface area (Å²) in [5, 5.41) is 0. The molecular weight excluding hydrogens is 447 g/mol. The van der Waals surface area contributed by atoms with Crippen molar-refractivity contribution in [2.24, 2.45) is 0 Å². The summed E-state index contributed by atoms with van der Waals surface area (Å²) in [5.41, 5.74) is -21.6. The van der Waals surface area contributed by atoms with E-state index >= 15 is 0 Å². The van der Waals surface area contributed by atoms with Gasteiger partial charge in [-0.25, -0.2) is 25.3 Å². The summed E-state index contributed by atoms with van der Waals surface area (Å²) in [6.07, 6.45) is 0. The molecule has 0 spiro atoms. The minimum atomic E-state index is -8.27. The van der Waals surface area contributed by atoms with E-state index in [1.165, 1.54) is 0 Å². The molecule has 23 heavy (non-hydrogen) atoms. The second-order valence-corrected chi connectivity index (χ2v) is 11.6. The van der Waals surface area contributed by atoms with Crippen LogP contribution in [0.5, 0.6) is 0 Å². The molecule has 0 aliphatic rings. The minimum absolute atomic E-state index is 3.94. The van der Waals surface area contributed by atoms with Crippen molar-refractivity contribution in [3.63, 3.8) is 0 Å². The van der Waals surface area contributed by atoms with Crippen LogP contribution in [0.3, 0.4) is 0 Å². The Labute approximate surface area is 126 Å². The van der Waals surface area contributed by atoms with E-state index in [1.54, 1.807) is 0 Å². The second kappa shape index (κ2) is 5.25. The Balaban J connectivity index is 7.45. The van der Waals surface area contributed by atoms with Gasteiger partial charge < -0.3 is 0 Å². The van der Waals surface area contributed by atoms with E-state index < -0.39 is 48.9 Å². The third-order valence-electron chi connectivity index (χ3n) is 1.88. The highest BCUT2D eigenvalue weighted by molar-refractivity contribution is 8.28. The summed E-state index contributed by atoms with van der Waals surface area (Å²) >= 11 is 3.94. The smallest absolute Gasteiger partial charge is 0.215 e. The van der Waals surface area contributed by atoms with Gasteiger partial charge in [0.15, 0.2) is 0 Å². The topological polar surface area (TPSA) is 102 Å². The molecular formula is C4ClF9O6S3. The number of hydrogen-bond donors (Lipinski definition) is 0. The fraction of sp³-hybridized carbons (Fsp3) is 1.00. The number of rotatable bonds is 3. The summed E-state index contributed by atoms with van der Waals surface area (Å²) in [6, 6.07) is 0.